The standard InChI is InChI=1S/C13H15N3O3/c1-8-5-9(2)15-12(10(8)6-14)16-3-4-19-7-11(16)13(17)18/h5,11H,3-4,7H2,1-2H3,(H,17,18). The summed E-state index contributed by atoms with van der Waals surface area (Å²) >= 11 is 0. The fourth-order valence-electron chi connectivity index (χ4n) is 2.22. The third-order valence-corrected chi connectivity index (χ3v) is 3.12. The zero-order valence-corrected chi connectivity index (χ0v) is 10.9. The van der Waals surface area contributed by atoms with Crippen molar-refractivity contribution in [2.45, 2.75) is 19.9 Å². The lowest BCUT2D eigenvalue weighted by atomic mass is 10.1. The number of morpholine rings is 1. The third-order valence-electron chi connectivity index (χ3n) is 3.12. The van der Waals surface area contributed by atoms with Gasteiger partial charge in [0.05, 0.1) is 18.8 Å². The number of nitriles is 1. The summed E-state index contributed by atoms with van der Waals surface area (Å²) in [5, 5.41) is 18.5. The molecule has 6 heteroatoms. The molecule has 0 amide bonds. The van der Waals surface area contributed by atoms with Gasteiger partial charge < -0.3 is 14.7 Å². The number of rotatable bonds is 2. The highest BCUT2D eigenvalue weighted by Crippen LogP contribution is 2.25. The van der Waals surface area contributed by atoms with Gasteiger partial charge in [-0.25, -0.2) is 9.78 Å². The van der Waals surface area contributed by atoms with Gasteiger partial charge in [-0.15, -0.1) is 0 Å². The zero-order valence-electron chi connectivity index (χ0n) is 10.9. The molecule has 1 aromatic heterocycles. The van der Waals surface area contributed by atoms with Crippen molar-refractivity contribution < 1.29 is 14.6 Å². The highest BCUT2D eigenvalue weighted by Gasteiger charge is 2.32. The van der Waals surface area contributed by atoms with Gasteiger partial charge in [0.25, 0.3) is 0 Å². The van der Waals surface area contributed by atoms with Crippen molar-refractivity contribution in [2.24, 2.45) is 0 Å². The number of pyridine rings is 1. The van der Waals surface area contributed by atoms with Gasteiger partial charge in [0, 0.05) is 12.2 Å². The molecule has 1 unspecified atom stereocenters. The van der Waals surface area contributed by atoms with E-state index in [1.165, 1.54) is 0 Å². The molecule has 1 saturated heterocycles. The average molecular weight is 261 g/mol. The van der Waals surface area contributed by atoms with E-state index in [9.17, 15) is 15.2 Å². The quantitative estimate of drug-likeness (QED) is 0.849. The van der Waals surface area contributed by atoms with Crippen molar-refractivity contribution in [1.29, 1.82) is 5.26 Å². The normalized spacial score (nSPS) is 19.0. The number of carboxylic acid groups (broad SMARTS) is 1. The van der Waals surface area contributed by atoms with Crippen molar-refractivity contribution >= 4 is 11.8 Å². The fourth-order valence-corrected chi connectivity index (χ4v) is 2.22. The number of aliphatic carboxylic acids is 1. The Labute approximate surface area is 111 Å². The van der Waals surface area contributed by atoms with Crippen molar-refractivity contribution in [3.63, 3.8) is 0 Å². The van der Waals surface area contributed by atoms with Crippen molar-refractivity contribution in [3.05, 3.63) is 22.9 Å². The zero-order chi connectivity index (χ0) is 14.0. The molecule has 2 rings (SSSR count). The van der Waals surface area contributed by atoms with E-state index in [2.05, 4.69) is 11.1 Å². The second kappa shape index (κ2) is 5.24. The lowest BCUT2D eigenvalue weighted by molar-refractivity contribution is -0.141. The lowest BCUT2D eigenvalue weighted by Crippen LogP contribution is -2.50. The van der Waals surface area contributed by atoms with Crippen LogP contribution in [0, 0.1) is 25.2 Å². The minimum Gasteiger partial charge on any atom is -0.480 e. The first-order chi connectivity index (χ1) is 9.04. The van der Waals surface area contributed by atoms with Crippen LogP contribution in [0.15, 0.2) is 6.07 Å². The molecule has 0 spiro atoms. The summed E-state index contributed by atoms with van der Waals surface area (Å²) in [5.74, 6) is -0.528. The SMILES string of the molecule is Cc1cc(C)c(C#N)c(N2CCOCC2C(=O)O)n1. The summed E-state index contributed by atoms with van der Waals surface area (Å²) in [6.07, 6.45) is 0. The van der Waals surface area contributed by atoms with E-state index in [0.717, 1.165) is 11.3 Å². The topological polar surface area (TPSA) is 86.5 Å². The molecule has 0 saturated carbocycles. The monoisotopic (exact) mass is 261 g/mol. The summed E-state index contributed by atoms with van der Waals surface area (Å²) < 4.78 is 5.20. The van der Waals surface area contributed by atoms with Gasteiger partial charge in [0.2, 0.25) is 0 Å². The Hall–Kier alpha value is -2.13. The van der Waals surface area contributed by atoms with E-state index in [-0.39, 0.29) is 6.61 Å². The molecule has 19 heavy (non-hydrogen) atoms. The Bertz CT molecular complexity index is 551. The number of hydrogen-bond acceptors (Lipinski definition) is 5. The number of aromatic nitrogens is 1. The predicted octanol–water partition coefficient (Wildman–Crippen LogP) is 0.860. The van der Waals surface area contributed by atoms with E-state index in [4.69, 9.17) is 4.74 Å². The number of aryl methyl sites for hydroxylation is 2. The number of carboxylic acids is 1. The molecule has 6 nitrogen and oxygen atoms in total. The van der Waals surface area contributed by atoms with Gasteiger partial charge in [-0.2, -0.15) is 5.26 Å². The molecule has 1 N–H and O–H groups in total. The maximum absolute atomic E-state index is 11.3. The summed E-state index contributed by atoms with van der Waals surface area (Å²) in [7, 11) is 0. The van der Waals surface area contributed by atoms with Gasteiger partial charge in [0.15, 0.2) is 6.04 Å². The van der Waals surface area contributed by atoms with Crippen LogP contribution in [0.1, 0.15) is 16.8 Å². The average Bonchev–Trinajstić information content (AvgIpc) is 2.37. The van der Waals surface area contributed by atoms with Crippen LogP contribution in [-0.2, 0) is 9.53 Å². The molecule has 0 bridgehead atoms. The lowest BCUT2D eigenvalue weighted by Gasteiger charge is -2.34. The van der Waals surface area contributed by atoms with Crippen LogP contribution < -0.4 is 4.90 Å². The molecule has 1 fully saturated rings. The van der Waals surface area contributed by atoms with Gasteiger partial charge in [-0.05, 0) is 25.5 Å². The van der Waals surface area contributed by atoms with Crippen LogP contribution in [0.25, 0.3) is 0 Å². The van der Waals surface area contributed by atoms with E-state index in [1.807, 2.05) is 19.9 Å². The van der Waals surface area contributed by atoms with E-state index in [1.54, 1.807) is 4.90 Å². The Morgan fingerprint density at radius 1 is 1.63 bits per heavy atom. The van der Waals surface area contributed by atoms with E-state index < -0.39 is 12.0 Å². The molecule has 100 valence electrons. The minimum absolute atomic E-state index is 0.106. The molecule has 1 aliphatic rings. The molecule has 1 aliphatic heterocycles. The van der Waals surface area contributed by atoms with Crippen LogP contribution in [-0.4, -0.2) is 41.9 Å². The predicted molar refractivity (Wildman–Crippen MR) is 68.0 cm³/mol. The first kappa shape index (κ1) is 13.3. The molecular weight excluding hydrogens is 246 g/mol. The van der Waals surface area contributed by atoms with E-state index in [0.29, 0.717) is 24.5 Å². The van der Waals surface area contributed by atoms with Crippen LogP contribution in [0.4, 0.5) is 5.82 Å². The number of anilines is 1. The number of carbonyl (C=O) groups is 1. The first-order valence-corrected chi connectivity index (χ1v) is 6.00. The number of ether oxygens (including phenoxy) is 1. The Kier molecular flexibility index (Phi) is 3.67. The smallest absolute Gasteiger partial charge is 0.328 e. The van der Waals surface area contributed by atoms with Gasteiger partial charge >= 0.3 is 5.97 Å². The maximum Gasteiger partial charge on any atom is 0.328 e. The van der Waals surface area contributed by atoms with Crippen LogP contribution in [0.2, 0.25) is 0 Å². The molecule has 2 heterocycles. The first-order valence-electron chi connectivity index (χ1n) is 6.00. The highest BCUT2D eigenvalue weighted by molar-refractivity contribution is 5.79. The highest BCUT2D eigenvalue weighted by atomic mass is 16.5. The van der Waals surface area contributed by atoms with Gasteiger partial charge in [0.1, 0.15) is 11.9 Å². The van der Waals surface area contributed by atoms with E-state index >= 15 is 0 Å². The molecule has 1 atom stereocenters. The Morgan fingerprint density at radius 2 is 2.37 bits per heavy atom. The molecular formula is C13H15N3O3. The van der Waals surface area contributed by atoms with Crippen molar-refractivity contribution in [1.82, 2.24) is 4.98 Å². The molecule has 0 aromatic carbocycles. The largest absolute Gasteiger partial charge is 0.480 e. The summed E-state index contributed by atoms with van der Waals surface area (Å²) in [6, 6.07) is 3.13. The molecule has 0 aliphatic carbocycles. The van der Waals surface area contributed by atoms with Crippen molar-refractivity contribution in [2.75, 3.05) is 24.7 Å². The second-order valence-electron chi connectivity index (χ2n) is 4.51. The Morgan fingerprint density at radius 3 is 3.00 bits per heavy atom. The van der Waals surface area contributed by atoms with Gasteiger partial charge in [-0.1, -0.05) is 0 Å². The van der Waals surface area contributed by atoms with Gasteiger partial charge in [-0.3, -0.25) is 0 Å². The molecule has 0 radical (unpaired) electrons. The summed E-state index contributed by atoms with van der Waals surface area (Å²) in [6.45, 7) is 4.61. The minimum atomic E-state index is -0.968. The number of nitrogens with zero attached hydrogens (tertiary/aromatic N) is 3. The summed E-state index contributed by atoms with van der Waals surface area (Å²) in [5.41, 5.74) is 2.00. The Balaban J connectivity index is 2.50. The third kappa shape index (κ3) is 2.51. The van der Waals surface area contributed by atoms with Crippen molar-refractivity contribution in [3.8, 4) is 6.07 Å². The van der Waals surface area contributed by atoms with Crippen LogP contribution in [0.3, 0.4) is 0 Å². The van der Waals surface area contributed by atoms with Crippen LogP contribution in [0.5, 0.6) is 0 Å². The fraction of sp³-hybridized carbons (Fsp3) is 0.462. The number of hydrogen-bond donors (Lipinski definition) is 1. The molecule has 1 aromatic rings. The van der Waals surface area contributed by atoms with Crippen LogP contribution >= 0.6 is 0 Å². The maximum atomic E-state index is 11.3. The second-order valence-corrected chi connectivity index (χ2v) is 4.51. The summed E-state index contributed by atoms with van der Waals surface area (Å²) in [4.78, 5) is 17.3.